The Labute approximate surface area is 171 Å². The van der Waals surface area contributed by atoms with Gasteiger partial charge >= 0.3 is 12.0 Å². The van der Waals surface area contributed by atoms with Gasteiger partial charge in [-0.2, -0.15) is 0 Å². The predicted molar refractivity (Wildman–Crippen MR) is 112 cm³/mol. The third-order valence-corrected chi connectivity index (χ3v) is 4.84. The van der Waals surface area contributed by atoms with Crippen LogP contribution in [0.4, 0.5) is 4.79 Å². The molecule has 0 saturated carbocycles. The molecule has 2 amide bonds. The maximum atomic E-state index is 12.3. The second kappa shape index (κ2) is 11.1. The van der Waals surface area contributed by atoms with Crippen molar-refractivity contribution in [1.82, 2.24) is 15.5 Å². The molecule has 0 aliphatic carbocycles. The van der Waals surface area contributed by atoms with Gasteiger partial charge in [-0.05, 0) is 48.5 Å². The van der Waals surface area contributed by atoms with Crippen LogP contribution in [0.15, 0.2) is 48.5 Å². The lowest BCUT2D eigenvalue weighted by Gasteiger charge is -2.30. The molecule has 7 heteroatoms. The molecule has 0 spiro atoms. The molecule has 1 unspecified atom stereocenters. The maximum Gasteiger partial charge on any atom is 0.335 e. The third-order valence-electron chi connectivity index (χ3n) is 4.84. The van der Waals surface area contributed by atoms with Crippen LogP contribution in [0.3, 0.4) is 0 Å². The molecule has 0 aromatic heterocycles. The zero-order chi connectivity index (χ0) is 21.2. The minimum atomic E-state index is -0.970. The summed E-state index contributed by atoms with van der Waals surface area (Å²) in [5, 5.41) is 14.7. The Morgan fingerprint density at radius 2 is 1.76 bits per heavy atom. The summed E-state index contributed by atoms with van der Waals surface area (Å²) in [7, 11) is 1.64. The number of carbonyl (C=O) groups is 2. The largest absolute Gasteiger partial charge is 0.497 e. The molecule has 0 bridgehead atoms. The Balaban J connectivity index is 1.96. The van der Waals surface area contributed by atoms with Gasteiger partial charge in [-0.25, -0.2) is 9.59 Å². The normalized spacial score (nSPS) is 11.7. The van der Waals surface area contributed by atoms with Crippen LogP contribution in [0.1, 0.15) is 41.4 Å². The Bertz CT molecular complexity index is 804. The first kappa shape index (κ1) is 22.2. The summed E-state index contributed by atoms with van der Waals surface area (Å²) in [5.74, 6) is -0.184. The van der Waals surface area contributed by atoms with Crippen molar-refractivity contribution < 1.29 is 19.4 Å². The Hall–Kier alpha value is -3.06. The van der Waals surface area contributed by atoms with E-state index in [1.54, 1.807) is 19.2 Å². The van der Waals surface area contributed by atoms with Crippen LogP contribution in [-0.2, 0) is 6.54 Å². The second-order valence-corrected chi connectivity index (χ2v) is 6.58. The van der Waals surface area contributed by atoms with Gasteiger partial charge in [-0.15, -0.1) is 0 Å². The lowest BCUT2D eigenvalue weighted by atomic mass is 10.0. The number of hydrogen-bond acceptors (Lipinski definition) is 4. The number of ether oxygens (including phenoxy) is 1. The van der Waals surface area contributed by atoms with Gasteiger partial charge in [0.05, 0.1) is 18.7 Å². The van der Waals surface area contributed by atoms with Crippen LogP contribution in [0.5, 0.6) is 5.75 Å². The minimum absolute atomic E-state index is 0.0284. The summed E-state index contributed by atoms with van der Waals surface area (Å²) in [6, 6.07) is 14.1. The molecule has 3 N–H and O–H groups in total. The highest BCUT2D eigenvalue weighted by atomic mass is 16.5. The number of amides is 2. The fourth-order valence-corrected chi connectivity index (χ4v) is 3.17. The third kappa shape index (κ3) is 6.50. The van der Waals surface area contributed by atoms with E-state index in [1.165, 1.54) is 12.1 Å². The van der Waals surface area contributed by atoms with Gasteiger partial charge in [0.2, 0.25) is 0 Å². The molecule has 156 valence electrons. The van der Waals surface area contributed by atoms with E-state index in [1.807, 2.05) is 24.3 Å². The van der Waals surface area contributed by atoms with Crippen molar-refractivity contribution in [1.29, 1.82) is 0 Å². The lowest BCUT2D eigenvalue weighted by molar-refractivity contribution is 0.0697. The summed E-state index contributed by atoms with van der Waals surface area (Å²) in [6.45, 7) is 6.68. The van der Waals surface area contributed by atoms with Crippen LogP contribution >= 0.6 is 0 Å². The van der Waals surface area contributed by atoms with Gasteiger partial charge in [-0.3, -0.25) is 4.90 Å². The summed E-state index contributed by atoms with van der Waals surface area (Å²) in [5.41, 5.74) is 2.13. The van der Waals surface area contributed by atoms with Crippen molar-refractivity contribution in [2.45, 2.75) is 26.4 Å². The number of carboxylic acids is 1. The molecule has 2 aromatic rings. The molecule has 0 fully saturated rings. The quantitative estimate of drug-likeness (QED) is 0.570. The fourth-order valence-electron chi connectivity index (χ4n) is 3.17. The molecular formula is C22H29N3O4. The maximum absolute atomic E-state index is 12.3. The first-order chi connectivity index (χ1) is 14.0. The minimum Gasteiger partial charge on any atom is -0.497 e. The highest BCUT2D eigenvalue weighted by Crippen LogP contribution is 2.23. The topological polar surface area (TPSA) is 90.9 Å². The van der Waals surface area contributed by atoms with Crippen molar-refractivity contribution in [3.8, 4) is 5.75 Å². The average Bonchev–Trinajstić information content (AvgIpc) is 2.75. The van der Waals surface area contributed by atoms with Crippen LogP contribution in [0.2, 0.25) is 0 Å². The van der Waals surface area contributed by atoms with Crippen molar-refractivity contribution in [2.75, 3.05) is 26.7 Å². The van der Waals surface area contributed by atoms with Gasteiger partial charge in [0.25, 0.3) is 0 Å². The molecule has 0 aliphatic rings. The van der Waals surface area contributed by atoms with Crippen molar-refractivity contribution in [3.05, 3.63) is 65.2 Å². The van der Waals surface area contributed by atoms with E-state index in [4.69, 9.17) is 9.84 Å². The molecule has 7 nitrogen and oxygen atoms in total. The van der Waals surface area contributed by atoms with Gasteiger partial charge < -0.3 is 20.5 Å². The molecule has 1 atom stereocenters. The second-order valence-electron chi connectivity index (χ2n) is 6.58. The van der Waals surface area contributed by atoms with E-state index in [-0.39, 0.29) is 17.6 Å². The number of aromatic carboxylic acids is 1. The van der Waals surface area contributed by atoms with Crippen molar-refractivity contribution >= 4 is 12.0 Å². The smallest absolute Gasteiger partial charge is 0.335 e. The molecule has 0 saturated heterocycles. The number of rotatable bonds is 10. The number of likely N-dealkylation sites (N-methyl/N-ethyl adjacent to an activating group) is 1. The Morgan fingerprint density at radius 1 is 1.07 bits per heavy atom. The Kier molecular flexibility index (Phi) is 8.48. The Morgan fingerprint density at radius 3 is 2.34 bits per heavy atom. The average molecular weight is 399 g/mol. The number of nitrogens with zero attached hydrogens (tertiary/aromatic N) is 1. The fraction of sp³-hybridized carbons (Fsp3) is 0.364. The molecule has 2 rings (SSSR count). The molecule has 0 radical (unpaired) electrons. The number of nitrogens with one attached hydrogen (secondary N) is 2. The van der Waals surface area contributed by atoms with Crippen LogP contribution in [0.25, 0.3) is 0 Å². The molecule has 0 heterocycles. The van der Waals surface area contributed by atoms with Crippen LogP contribution < -0.4 is 15.4 Å². The highest BCUT2D eigenvalue weighted by molar-refractivity contribution is 5.87. The van der Waals surface area contributed by atoms with Crippen LogP contribution in [0, 0.1) is 0 Å². The predicted octanol–water partition coefficient (Wildman–Crippen LogP) is 3.28. The SMILES string of the molecule is CCN(CC)C(CNC(=O)NCc1ccc(C(=O)O)cc1)c1cccc(OC)c1. The summed E-state index contributed by atoms with van der Waals surface area (Å²) >= 11 is 0. The monoisotopic (exact) mass is 399 g/mol. The molecule has 0 aliphatic heterocycles. The van der Waals surface area contributed by atoms with E-state index in [2.05, 4.69) is 29.4 Å². The van der Waals surface area contributed by atoms with Crippen LogP contribution in [-0.4, -0.2) is 48.8 Å². The molecule has 2 aromatic carbocycles. The molecular weight excluding hydrogens is 370 g/mol. The zero-order valence-corrected chi connectivity index (χ0v) is 17.1. The lowest BCUT2D eigenvalue weighted by Crippen LogP contribution is -2.42. The van der Waals surface area contributed by atoms with Crippen molar-refractivity contribution in [3.63, 3.8) is 0 Å². The number of hydrogen-bond donors (Lipinski definition) is 3. The summed E-state index contributed by atoms with van der Waals surface area (Å²) < 4.78 is 5.33. The van der Waals surface area contributed by atoms with Crippen molar-refractivity contribution in [2.24, 2.45) is 0 Å². The van der Waals surface area contributed by atoms with E-state index >= 15 is 0 Å². The zero-order valence-electron chi connectivity index (χ0n) is 17.1. The summed E-state index contributed by atoms with van der Waals surface area (Å²) in [4.78, 5) is 25.5. The first-order valence-corrected chi connectivity index (χ1v) is 9.70. The number of methoxy groups -OCH3 is 1. The van der Waals surface area contributed by atoms with E-state index in [9.17, 15) is 9.59 Å². The standard InChI is InChI=1S/C22H29N3O4/c1-4-25(5-2)20(18-7-6-8-19(13-18)29-3)15-24-22(28)23-14-16-9-11-17(12-10-16)21(26)27/h6-13,20H,4-5,14-15H2,1-3H3,(H,26,27)(H2,23,24,28). The van der Waals surface area contributed by atoms with E-state index in [0.717, 1.165) is 30.0 Å². The first-order valence-electron chi connectivity index (χ1n) is 9.70. The number of carbonyl (C=O) groups excluding carboxylic acids is 1. The summed E-state index contributed by atoms with van der Waals surface area (Å²) in [6.07, 6.45) is 0. The molecule has 29 heavy (non-hydrogen) atoms. The van der Waals surface area contributed by atoms with Gasteiger partial charge in [0, 0.05) is 13.1 Å². The van der Waals surface area contributed by atoms with E-state index in [0.29, 0.717) is 13.1 Å². The number of benzene rings is 2. The number of urea groups is 1. The number of carboxylic acid groups (broad SMARTS) is 1. The van der Waals surface area contributed by atoms with Gasteiger partial charge in [0.1, 0.15) is 5.75 Å². The van der Waals surface area contributed by atoms with E-state index < -0.39 is 5.97 Å². The van der Waals surface area contributed by atoms with Gasteiger partial charge in [0.15, 0.2) is 0 Å². The highest BCUT2D eigenvalue weighted by Gasteiger charge is 2.19. The van der Waals surface area contributed by atoms with Gasteiger partial charge in [-0.1, -0.05) is 38.1 Å².